The zero-order chi connectivity index (χ0) is 15.9. The third-order valence-electron chi connectivity index (χ3n) is 4.13. The first-order valence-electron chi connectivity index (χ1n) is 8.08. The van der Waals surface area contributed by atoms with Crippen molar-refractivity contribution in [3.05, 3.63) is 90.0 Å². The average Bonchev–Trinajstić information content (AvgIpc) is 3.13. The van der Waals surface area contributed by atoms with Crippen LogP contribution in [0.4, 0.5) is 0 Å². The van der Waals surface area contributed by atoms with Crippen LogP contribution in [0.1, 0.15) is 29.2 Å². The monoisotopic (exact) mass is 306 g/mol. The lowest BCUT2D eigenvalue weighted by Crippen LogP contribution is -2.03. The molecule has 3 aromatic rings. The smallest absolute Gasteiger partial charge is 0.0945 e. The fourth-order valence-electron chi connectivity index (χ4n) is 2.70. The molecule has 1 N–H and O–H groups in total. The second-order valence-electron chi connectivity index (χ2n) is 5.83. The third-order valence-corrected chi connectivity index (χ3v) is 4.13. The second-order valence-corrected chi connectivity index (χ2v) is 5.83. The molecule has 0 radical (unpaired) electrons. The fourth-order valence-corrected chi connectivity index (χ4v) is 2.70. The highest BCUT2D eigenvalue weighted by atomic mass is 16.3. The molecule has 1 aromatic heterocycles. The van der Waals surface area contributed by atoms with Crippen LogP contribution in [-0.4, -0.2) is 14.7 Å². The Bertz CT molecular complexity index is 690. The number of aryl methyl sites for hydroxylation is 3. The van der Waals surface area contributed by atoms with Crippen LogP contribution in [0, 0.1) is 0 Å². The van der Waals surface area contributed by atoms with Crippen molar-refractivity contribution in [1.82, 2.24) is 9.55 Å². The Morgan fingerprint density at radius 2 is 1.61 bits per heavy atom. The molecule has 0 unspecified atom stereocenters. The lowest BCUT2D eigenvalue weighted by Gasteiger charge is -2.12. The van der Waals surface area contributed by atoms with E-state index in [9.17, 15) is 5.11 Å². The Hall–Kier alpha value is -2.39. The van der Waals surface area contributed by atoms with Crippen LogP contribution >= 0.6 is 0 Å². The average molecular weight is 306 g/mol. The van der Waals surface area contributed by atoms with Crippen molar-refractivity contribution in [1.29, 1.82) is 0 Å². The quantitative estimate of drug-likeness (QED) is 0.721. The van der Waals surface area contributed by atoms with Crippen LogP contribution in [0.15, 0.2) is 73.3 Å². The SMILES string of the molecule is O[C@H](CCn1ccnc1)c1ccc(CCc2ccccc2)cc1. The minimum absolute atomic E-state index is 0.430. The summed E-state index contributed by atoms with van der Waals surface area (Å²) in [6.07, 6.45) is 7.78. The first-order chi connectivity index (χ1) is 11.3. The Balaban J connectivity index is 1.52. The lowest BCUT2D eigenvalue weighted by atomic mass is 10.0. The minimum Gasteiger partial charge on any atom is -0.388 e. The van der Waals surface area contributed by atoms with Gasteiger partial charge < -0.3 is 9.67 Å². The van der Waals surface area contributed by atoms with Gasteiger partial charge in [-0.2, -0.15) is 0 Å². The lowest BCUT2D eigenvalue weighted by molar-refractivity contribution is 0.161. The summed E-state index contributed by atoms with van der Waals surface area (Å²) in [6, 6.07) is 18.9. The molecule has 3 heteroatoms. The van der Waals surface area contributed by atoms with Crippen LogP contribution in [0.2, 0.25) is 0 Å². The highest BCUT2D eigenvalue weighted by Gasteiger charge is 2.07. The van der Waals surface area contributed by atoms with Gasteiger partial charge in [0.1, 0.15) is 0 Å². The molecule has 0 aliphatic rings. The van der Waals surface area contributed by atoms with Crippen molar-refractivity contribution in [2.45, 2.75) is 31.9 Å². The number of aliphatic hydroxyl groups excluding tert-OH is 1. The number of imidazole rings is 1. The molecule has 23 heavy (non-hydrogen) atoms. The number of nitrogens with zero attached hydrogens (tertiary/aromatic N) is 2. The molecule has 0 amide bonds. The number of aliphatic hydroxyl groups is 1. The van der Waals surface area contributed by atoms with Gasteiger partial charge in [0, 0.05) is 18.9 Å². The number of hydrogen-bond acceptors (Lipinski definition) is 2. The van der Waals surface area contributed by atoms with Gasteiger partial charge in [0.2, 0.25) is 0 Å². The van der Waals surface area contributed by atoms with Crippen LogP contribution in [0.3, 0.4) is 0 Å². The highest BCUT2D eigenvalue weighted by Crippen LogP contribution is 2.18. The molecule has 2 aromatic carbocycles. The maximum atomic E-state index is 10.3. The molecule has 0 saturated heterocycles. The number of rotatable bonds is 7. The van der Waals surface area contributed by atoms with Gasteiger partial charge in [-0.3, -0.25) is 0 Å². The third kappa shape index (κ3) is 4.54. The summed E-state index contributed by atoms with van der Waals surface area (Å²) in [5.74, 6) is 0. The highest BCUT2D eigenvalue weighted by molar-refractivity contribution is 5.25. The molecular weight excluding hydrogens is 284 g/mol. The van der Waals surface area contributed by atoms with E-state index in [-0.39, 0.29) is 0 Å². The van der Waals surface area contributed by atoms with E-state index in [1.165, 1.54) is 11.1 Å². The largest absolute Gasteiger partial charge is 0.388 e. The zero-order valence-corrected chi connectivity index (χ0v) is 13.2. The molecule has 3 nitrogen and oxygen atoms in total. The van der Waals surface area contributed by atoms with E-state index in [1.54, 1.807) is 12.5 Å². The zero-order valence-electron chi connectivity index (χ0n) is 13.2. The number of hydrogen-bond donors (Lipinski definition) is 1. The van der Waals surface area contributed by atoms with Crippen molar-refractivity contribution < 1.29 is 5.11 Å². The summed E-state index contributed by atoms with van der Waals surface area (Å²) in [5, 5.41) is 10.3. The summed E-state index contributed by atoms with van der Waals surface area (Å²) in [7, 11) is 0. The molecule has 0 fully saturated rings. The minimum atomic E-state index is -0.430. The standard InChI is InChI=1S/C20H22N2O/c23-20(12-14-22-15-13-21-16-22)19-10-8-18(9-11-19)7-6-17-4-2-1-3-5-17/h1-5,8-11,13,15-16,20,23H,6-7,12,14H2/t20-/m1/s1. The molecular formula is C20H22N2O. The topological polar surface area (TPSA) is 38.0 Å². The van der Waals surface area contributed by atoms with E-state index in [4.69, 9.17) is 0 Å². The van der Waals surface area contributed by atoms with Gasteiger partial charge in [-0.1, -0.05) is 54.6 Å². The van der Waals surface area contributed by atoms with E-state index in [0.717, 1.165) is 24.9 Å². The predicted molar refractivity (Wildman–Crippen MR) is 92.1 cm³/mol. The van der Waals surface area contributed by atoms with Gasteiger partial charge >= 0.3 is 0 Å². The van der Waals surface area contributed by atoms with Crippen molar-refractivity contribution in [3.63, 3.8) is 0 Å². The maximum Gasteiger partial charge on any atom is 0.0945 e. The van der Waals surface area contributed by atoms with Crippen molar-refractivity contribution in [3.8, 4) is 0 Å². The molecule has 0 saturated carbocycles. The van der Waals surface area contributed by atoms with Gasteiger partial charge in [-0.15, -0.1) is 0 Å². The molecule has 3 rings (SSSR count). The second kappa shape index (κ2) is 7.75. The van der Waals surface area contributed by atoms with E-state index < -0.39 is 6.10 Å². The Kier molecular flexibility index (Phi) is 5.22. The Morgan fingerprint density at radius 1 is 0.913 bits per heavy atom. The van der Waals surface area contributed by atoms with Crippen LogP contribution in [-0.2, 0) is 19.4 Å². The first kappa shape index (κ1) is 15.5. The van der Waals surface area contributed by atoms with Gasteiger partial charge in [-0.25, -0.2) is 4.98 Å². The molecule has 0 aliphatic heterocycles. The molecule has 0 aliphatic carbocycles. The summed E-state index contributed by atoms with van der Waals surface area (Å²) >= 11 is 0. The van der Waals surface area contributed by atoms with E-state index in [1.807, 2.05) is 29.0 Å². The summed E-state index contributed by atoms with van der Waals surface area (Å²) in [6.45, 7) is 0.775. The van der Waals surface area contributed by atoms with Crippen molar-refractivity contribution >= 4 is 0 Å². The van der Waals surface area contributed by atoms with Gasteiger partial charge in [-0.05, 0) is 36.0 Å². The summed E-state index contributed by atoms with van der Waals surface area (Å²) in [4.78, 5) is 4.01. The van der Waals surface area contributed by atoms with Crippen LogP contribution < -0.4 is 0 Å². The van der Waals surface area contributed by atoms with E-state index >= 15 is 0 Å². The molecule has 0 spiro atoms. The molecule has 1 atom stereocenters. The van der Waals surface area contributed by atoms with Crippen LogP contribution in [0.25, 0.3) is 0 Å². The Labute approximate surface area is 137 Å². The molecule has 1 heterocycles. The summed E-state index contributed by atoms with van der Waals surface area (Å²) < 4.78 is 1.98. The van der Waals surface area contributed by atoms with Gasteiger partial charge in [0.25, 0.3) is 0 Å². The van der Waals surface area contributed by atoms with Crippen molar-refractivity contribution in [2.75, 3.05) is 0 Å². The Morgan fingerprint density at radius 3 is 2.26 bits per heavy atom. The van der Waals surface area contributed by atoms with E-state index in [0.29, 0.717) is 6.42 Å². The van der Waals surface area contributed by atoms with Crippen molar-refractivity contribution in [2.24, 2.45) is 0 Å². The predicted octanol–water partition coefficient (Wildman–Crippen LogP) is 3.79. The molecule has 0 bridgehead atoms. The van der Waals surface area contributed by atoms with Crippen LogP contribution in [0.5, 0.6) is 0 Å². The summed E-state index contributed by atoms with van der Waals surface area (Å²) in [5.41, 5.74) is 3.64. The first-order valence-corrected chi connectivity index (χ1v) is 8.08. The fraction of sp³-hybridized carbons (Fsp3) is 0.250. The normalized spacial score (nSPS) is 12.2. The van der Waals surface area contributed by atoms with E-state index in [2.05, 4.69) is 41.4 Å². The number of benzene rings is 2. The number of aromatic nitrogens is 2. The molecule has 118 valence electrons. The maximum absolute atomic E-state index is 10.3. The van der Waals surface area contributed by atoms with Gasteiger partial charge in [0.05, 0.1) is 12.4 Å². The van der Waals surface area contributed by atoms with Gasteiger partial charge in [0.15, 0.2) is 0 Å².